The van der Waals surface area contributed by atoms with Gasteiger partial charge in [-0.3, -0.25) is 4.79 Å². The van der Waals surface area contributed by atoms with E-state index in [-0.39, 0.29) is 27.9 Å². The second-order valence-corrected chi connectivity index (χ2v) is 8.99. The monoisotopic (exact) mass is 393 g/mol. The van der Waals surface area contributed by atoms with E-state index in [1.807, 2.05) is 36.4 Å². The predicted molar refractivity (Wildman–Crippen MR) is 115 cm³/mol. The molecule has 2 unspecified atom stereocenters. The molecule has 3 nitrogen and oxygen atoms in total. The molecule has 0 amide bonds. The third-order valence-corrected chi connectivity index (χ3v) is 7.12. The first-order valence-corrected chi connectivity index (χ1v) is 10.9. The van der Waals surface area contributed by atoms with Gasteiger partial charge >= 0.3 is 5.97 Å². The van der Waals surface area contributed by atoms with Crippen LogP contribution in [0.4, 0.5) is 0 Å². The predicted octanol–water partition coefficient (Wildman–Crippen LogP) is 5.22. The quantitative estimate of drug-likeness (QED) is 0.355. The van der Waals surface area contributed by atoms with E-state index in [2.05, 4.69) is 37.4 Å². The highest BCUT2D eigenvalue weighted by Crippen LogP contribution is 2.34. The van der Waals surface area contributed by atoms with Crippen molar-refractivity contribution in [2.24, 2.45) is 0 Å². The van der Waals surface area contributed by atoms with Crippen LogP contribution in [0.25, 0.3) is 0 Å². The van der Waals surface area contributed by atoms with E-state index in [1.165, 1.54) is 28.5 Å². The molecule has 1 N–H and O–H groups in total. The van der Waals surface area contributed by atoms with Gasteiger partial charge in [-0.25, -0.2) is 0 Å². The Morgan fingerprint density at radius 3 is 2.25 bits per heavy atom. The number of aromatic hydroxyl groups is 1. The largest absolute Gasteiger partial charge is 0.508 e. The minimum absolute atomic E-state index is 0.0806. The van der Waals surface area contributed by atoms with E-state index >= 15 is 0 Å². The number of carbonyl (C=O) groups is 1. The van der Waals surface area contributed by atoms with E-state index in [1.54, 1.807) is 12.1 Å². The number of hydrogen-bond acceptors (Lipinski definition) is 3. The number of phenols is 1. The molecule has 28 heavy (non-hydrogen) atoms. The number of phenolic OH excluding ortho intramolecular Hbond substituents is 1. The second kappa shape index (κ2) is 8.98. The zero-order valence-electron chi connectivity index (χ0n) is 16.4. The van der Waals surface area contributed by atoms with Gasteiger partial charge in [0.25, 0.3) is 0 Å². The fourth-order valence-corrected chi connectivity index (χ4v) is 5.12. The van der Waals surface area contributed by atoms with Crippen molar-refractivity contribution in [3.63, 3.8) is 0 Å². The molecule has 3 rings (SSSR count). The average Bonchev–Trinajstić information content (AvgIpc) is 2.68. The van der Waals surface area contributed by atoms with Crippen LogP contribution in [-0.2, 0) is 22.1 Å². The van der Waals surface area contributed by atoms with E-state index in [0.717, 1.165) is 6.42 Å². The molecule has 0 aliphatic rings. The van der Waals surface area contributed by atoms with Gasteiger partial charge in [0.1, 0.15) is 17.8 Å². The molecular weight excluding hydrogens is 368 g/mol. The summed E-state index contributed by atoms with van der Waals surface area (Å²) in [5.74, 6) is 0.526. The van der Waals surface area contributed by atoms with Gasteiger partial charge in [-0.1, -0.05) is 36.4 Å². The van der Waals surface area contributed by atoms with Crippen LogP contribution in [0.2, 0.25) is 0 Å². The molecule has 0 aromatic heterocycles. The Bertz CT molecular complexity index is 933. The number of hydrogen-bond donors (Lipinski definition) is 1. The standard InChI is InChI=1S/C24H24O3S/c1-17-6-4-5-7-20(17)16-24(19-8-10-21(26)11-9-19)28(3)23-14-12-22(13-15-23)27-18(2)25/h4-15,24H,16H2,1-3H3/p+1. The number of benzene rings is 3. The van der Waals surface area contributed by atoms with Gasteiger partial charge in [-0.05, 0) is 54.4 Å². The van der Waals surface area contributed by atoms with Crippen LogP contribution in [0.1, 0.15) is 28.9 Å². The normalized spacial score (nSPS) is 13.0. The van der Waals surface area contributed by atoms with Crippen molar-refractivity contribution < 1.29 is 14.6 Å². The molecule has 0 aliphatic heterocycles. The Balaban J connectivity index is 1.92. The SMILES string of the molecule is CC(=O)Oc1ccc([S+](C)C(Cc2ccccc2C)c2ccc(O)cc2)cc1. The summed E-state index contributed by atoms with van der Waals surface area (Å²) in [7, 11) is -0.0806. The molecule has 0 fully saturated rings. The lowest BCUT2D eigenvalue weighted by molar-refractivity contribution is -0.131. The van der Waals surface area contributed by atoms with Gasteiger partial charge in [-0.2, -0.15) is 0 Å². The van der Waals surface area contributed by atoms with Crippen molar-refractivity contribution in [3.05, 3.63) is 89.5 Å². The highest BCUT2D eigenvalue weighted by atomic mass is 32.2. The molecule has 0 aliphatic carbocycles. The van der Waals surface area contributed by atoms with Gasteiger partial charge < -0.3 is 9.84 Å². The van der Waals surface area contributed by atoms with Gasteiger partial charge in [0.15, 0.2) is 10.1 Å². The Morgan fingerprint density at radius 1 is 1.00 bits per heavy atom. The Hall–Kier alpha value is -2.72. The van der Waals surface area contributed by atoms with Crippen LogP contribution in [0.15, 0.2) is 77.7 Å². The summed E-state index contributed by atoms with van der Waals surface area (Å²) < 4.78 is 5.16. The van der Waals surface area contributed by atoms with Crippen molar-refractivity contribution in [2.45, 2.75) is 30.4 Å². The first kappa shape index (κ1) is 20.0. The van der Waals surface area contributed by atoms with Crippen molar-refractivity contribution in [1.82, 2.24) is 0 Å². The van der Waals surface area contributed by atoms with E-state index in [9.17, 15) is 9.90 Å². The van der Waals surface area contributed by atoms with Gasteiger partial charge in [0, 0.05) is 29.8 Å². The molecular formula is C24H25O3S+. The number of ether oxygens (including phenoxy) is 1. The Morgan fingerprint density at radius 2 is 1.64 bits per heavy atom. The lowest BCUT2D eigenvalue weighted by Gasteiger charge is -2.18. The number of aryl methyl sites for hydroxylation is 1. The maximum atomic E-state index is 11.1. The number of esters is 1. The lowest BCUT2D eigenvalue weighted by atomic mass is 10.00. The van der Waals surface area contributed by atoms with Crippen molar-refractivity contribution in [2.75, 3.05) is 6.26 Å². The summed E-state index contributed by atoms with van der Waals surface area (Å²) in [5.41, 5.74) is 3.82. The molecule has 144 valence electrons. The second-order valence-electron chi connectivity index (χ2n) is 6.83. The smallest absolute Gasteiger partial charge is 0.308 e. The molecule has 0 radical (unpaired) electrons. The number of carbonyl (C=O) groups excluding carboxylic acids is 1. The fraction of sp³-hybridized carbons (Fsp3) is 0.208. The molecule has 3 aromatic carbocycles. The molecule has 0 heterocycles. The summed E-state index contributed by atoms with van der Waals surface area (Å²) in [4.78, 5) is 12.4. The maximum absolute atomic E-state index is 11.1. The summed E-state index contributed by atoms with van der Waals surface area (Å²) in [6.07, 6.45) is 3.17. The van der Waals surface area contributed by atoms with Crippen molar-refractivity contribution in [3.8, 4) is 11.5 Å². The molecule has 0 saturated carbocycles. The Kier molecular flexibility index (Phi) is 6.42. The van der Waals surface area contributed by atoms with Crippen LogP contribution < -0.4 is 4.74 Å². The summed E-state index contributed by atoms with van der Waals surface area (Å²) in [6, 6.07) is 23.8. The first-order valence-electron chi connectivity index (χ1n) is 9.20. The fourth-order valence-electron chi connectivity index (χ4n) is 3.23. The van der Waals surface area contributed by atoms with Crippen molar-refractivity contribution in [1.29, 1.82) is 0 Å². The average molecular weight is 394 g/mol. The van der Waals surface area contributed by atoms with Crippen LogP contribution in [0.3, 0.4) is 0 Å². The molecule has 2 atom stereocenters. The summed E-state index contributed by atoms with van der Waals surface area (Å²) in [6.45, 7) is 3.55. The molecule has 3 aromatic rings. The summed E-state index contributed by atoms with van der Waals surface area (Å²) >= 11 is 0. The summed E-state index contributed by atoms with van der Waals surface area (Å²) in [5, 5.41) is 9.97. The maximum Gasteiger partial charge on any atom is 0.308 e. The van der Waals surface area contributed by atoms with E-state index in [0.29, 0.717) is 5.75 Å². The molecule has 0 bridgehead atoms. The minimum Gasteiger partial charge on any atom is -0.508 e. The van der Waals surface area contributed by atoms with E-state index < -0.39 is 0 Å². The number of rotatable bonds is 6. The van der Waals surface area contributed by atoms with Crippen LogP contribution >= 0.6 is 0 Å². The zero-order valence-corrected chi connectivity index (χ0v) is 17.2. The highest BCUT2D eigenvalue weighted by Gasteiger charge is 2.31. The first-order chi connectivity index (χ1) is 13.4. The lowest BCUT2D eigenvalue weighted by Crippen LogP contribution is -2.16. The third-order valence-electron chi connectivity index (χ3n) is 4.82. The molecule has 0 spiro atoms. The van der Waals surface area contributed by atoms with Gasteiger partial charge in [0.05, 0.1) is 0 Å². The van der Waals surface area contributed by atoms with Crippen molar-refractivity contribution >= 4 is 16.9 Å². The highest BCUT2D eigenvalue weighted by molar-refractivity contribution is 7.96. The van der Waals surface area contributed by atoms with Crippen LogP contribution in [0.5, 0.6) is 11.5 Å². The van der Waals surface area contributed by atoms with Crippen LogP contribution in [-0.4, -0.2) is 17.3 Å². The Labute approximate surface area is 169 Å². The zero-order chi connectivity index (χ0) is 20.1. The van der Waals surface area contributed by atoms with Gasteiger partial charge in [0.2, 0.25) is 0 Å². The molecule has 0 saturated heterocycles. The van der Waals surface area contributed by atoms with Gasteiger partial charge in [-0.15, -0.1) is 0 Å². The van der Waals surface area contributed by atoms with E-state index in [4.69, 9.17) is 4.74 Å². The topological polar surface area (TPSA) is 46.5 Å². The third kappa shape index (κ3) is 4.96. The minimum atomic E-state index is -0.315. The molecule has 4 heteroatoms. The van der Waals surface area contributed by atoms with Crippen LogP contribution in [0, 0.1) is 6.92 Å².